The first-order valence-corrected chi connectivity index (χ1v) is 9.69. The minimum atomic E-state index is -3.73. The normalized spacial score (nSPS) is 13.5. The Morgan fingerprint density at radius 2 is 1.86 bits per heavy atom. The quantitative estimate of drug-likeness (QED) is 0.669. The van der Waals surface area contributed by atoms with Crippen molar-refractivity contribution >= 4 is 19.7 Å². The number of hydrogen-bond donors (Lipinski definition) is 0. The van der Waals surface area contributed by atoms with Crippen LogP contribution in [0.15, 0.2) is 17.0 Å². The van der Waals surface area contributed by atoms with Crippen molar-refractivity contribution in [2.75, 3.05) is 6.61 Å². The molecule has 0 bridgehead atoms. The van der Waals surface area contributed by atoms with E-state index in [9.17, 15) is 8.42 Å². The second-order valence-corrected chi connectivity index (χ2v) is 8.49. The molecule has 1 aromatic rings. The first kappa shape index (κ1) is 18.3. The Morgan fingerprint density at radius 3 is 2.33 bits per heavy atom. The SMILES string of the molecule is CCCC(C)COc1cc(C)c(S(=O)(=O)Cl)cc1C(C)C. The highest BCUT2D eigenvalue weighted by Gasteiger charge is 2.19. The minimum Gasteiger partial charge on any atom is -0.493 e. The summed E-state index contributed by atoms with van der Waals surface area (Å²) in [5.74, 6) is 1.40. The van der Waals surface area contributed by atoms with Crippen molar-refractivity contribution in [3.8, 4) is 5.75 Å². The predicted octanol–water partition coefficient (Wildman–Crippen LogP) is 4.86. The van der Waals surface area contributed by atoms with E-state index in [1.807, 2.05) is 13.8 Å². The Kier molecular flexibility index (Phi) is 6.54. The third-order valence-corrected chi connectivity index (χ3v) is 4.96. The standard InChI is InChI=1S/C16H25ClO3S/c1-6-7-12(4)10-20-15-8-13(5)16(21(17,18)19)9-14(15)11(2)3/h8-9,11-12H,6-7,10H2,1-5H3. The molecule has 1 unspecified atom stereocenters. The molecule has 0 aromatic heterocycles. The number of ether oxygens (including phenoxy) is 1. The summed E-state index contributed by atoms with van der Waals surface area (Å²) in [5, 5.41) is 0. The monoisotopic (exact) mass is 332 g/mol. The van der Waals surface area contributed by atoms with E-state index >= 15 is 0 Å². The second-order valence-electron chi connectivity index (χ2n) is 5.95. The van der Waals surface area contributed by atoms with Gasteiger partial charge >= 0.3 is 0 Å². The molecule has 0 saturated heterocycles. The van der Waals surface area contributed by atoms with Gasteiger partial charge in [-0.15, -0.1) is 0 Å². The maximum atomic E-state index is 11.6. The molecule has 0 N–H and O–H groups in total. The topological polar surface area (TPSA) is 43.4 Å². The molecule has 1 atom stereocenters. The lowest BCUT2D eigenvalue weighted by atomic mass is 10.0. The molecule has 0 saturated carbocycles. The highest BCUT2D eigenvalue weighted by Crippen LogP contribution is 2.33. The van der Waals surface area contributed by atoms with Gasteiger partial charge in [0.05, 0.1) is 11.5 Å². The average molecular weight is 333 g/mol. The van der Waals surface area contributed by atoms with E-state index in [4.69, 9.17) is 15.4 Å². The zero-order valence-corrected chi connectivity index (χ0v) is 15.0. The van der Waals surface area contributed by atoms with Crippen LogP contribution in [0.2, 0.25) is 0 Å². The molecule has 0 aliphatic rings. The summed E-state index contributed by atoms with van der Waals surface area (Å²) in [4.78, 5) is 0.168. The summed E-state index contributed by atoms with van der Waals surface area (Å²) in [5.41, 5.74) is 1.50. The van der Waals surface area contributed by atoms with E-state index < -0.39 is 9.05 Å². The van der Waals surface area contributed by atoms with Gasteiger partial charge in [-0.05, 0) is 48.4 Å². The van der Waals surface area contributed by atoms with E-state index in [0.717, 1.165) is 24.2 Å². The third kappa shape index (κ3) is 5.19. The highest BCUT2D eigenvalue weighted by atomic mass is 35.7. The van der Waals surface area contributed by atoms with Crippen molar-refractivity contribution in [3.63, 3.8) is 0 Å². The summed E-state index contributed by atoms with van der Waals surface area (Å²) in [6, 6.07) is 3.42. The predicted molar refractivity (Wildman–Crippen MR) is 87.9 cm³/mol. The molecule has 3 nitrogen and oxygen atoms in total. The van der Waals surface area contributed by atoms with Gasteiger partial charge in [0.1, 0.15) is 5.75 Å². The third-order valence-electron chi connectivity index (χ3n) is 3.50. The van der Waals surface area contributed by atoms with Crippen molar-refractivity contribution in [1.29, 1.82) is 0 Å². The Hall–Kier alpha value is -0.740. The van der Waals surface area contributed by atoms with Crippen LogP contribution in [-0.4, -0.2) is 15.0 Å². The molecular formula is C16H25ClO3S. The molecule has 120 valence electrons. The van der Waals surface area contributed by atoms with Gasteiger partial charge in [-0.2, -0.15) is 0 Å². The van der Waals surface area contributed by atoms with Crippen LogP contribution in [0, 0.1) is 12.8 Å². The lowest BCUT2D eigenvalue weighted by molar-refractivity contribution is 0.248. The number of aryl methyl sites for hydroxylation is 1. The van der Waals surface area contributed by atoms with Crippen LogP contribution >= 0.6 is 10.7 Å². The van der Waals surface area contributed by atoms with Crippen LogP contribution in [0.1, 0.15) is 57.6 Å². The molecule has 5 heteroatoms. The molecule has 0 fully saturated rings. The van der Waals surface area contributed by atoms with Crippen LogP contribution in [-0.2, 0) is 9.05 Å². The van der Waals surface area contributed by atoms with Gasteiger partial charge in [0.2, 0.25) is 0 Å². The Labute approximate surface area is 133 Å². The van der Waals surface area contributed by atoms with Gasteiger partial charge in [-0.3, -0.25) is 0 Å². The van der Waals surface area contributed by atoms with Crippen LogP contribution in [0.25, 0.3) is 0 Å². The van der Waals surface area contributed by atoms with E-state index in [1.165, 1.54) is 0 Å². The van der Waals surface area contributed by atoms with Crippen molar-refractivity contribution in [3.05, 3.63) is 23.3 Å². The summed E-state index contributed by atoms with van der Waals surface area (Å²) in [6.45, 7) is 10.7. The van der Waals surface area contributed by atoms with E-state index in [-0.39, 0.29) is 10.8 Å². The Balaban J connectivity index is 3.12. The lowest BCUT2D eigenvalue weighted by Gasteiger charge is -2.19. The van der Waals surface area contributed by atoms with Gasteiger partial charge in [0.25, 0.3) is 9.05 Å². The van der Waals surface area contributed by atoms with Crippen LogP contribution < -0.4 is 4.74 Å². The maximum Gasteiger partial charge on any atom is 0.261 e. The molecular weight excluding hydrogens is 308 g/mol. The van der Waals surface area contributed by atoms with E-state index in [0.29, 0.717) is 18.1 Å². The molecule has 21 heavy (non-hydrogen) atoms. The Morgan fingerprint density at radius 1 is 1.24 bits per heavy atom. The van der Waals surface area contributed by atoms with Crippen molar-refractivity contribution in [2.45, 2.75) is 58.3 Å². The fourth-order valence-corrected chi connectivity index (χ4v) is 3.53. The van der Waals surface area contributed by atoms with Gasteiger partial charge in [0.15, 0.2) is 0 Å². The molecule has 1 rings (SSSR count). The molecule has 0 aliphatic heterocycles. The largest absolute Gasteiger partial charge is 0.493 e. The van der Waals surface area contributed by atoms with Gasteiger partial charge in [-0.25, -0.2) is 8.42 Å². The summed E-state index contributed by atoms with van der Waals surface area (Å²) in [6.07, 6.45) is 2.24. The van der Waals surface area contributed by atoms with Gasteiger partial charge in [-0.1, -0.05) is 34.1 Å². The first-order valence-electron chi connectivity index (χ1n) is 7.38. The lowest BCUT2D eigenvalue weighted by Crippen LogP contribution is -2.10. The number of halogens is 1. The van der Waals surface area contributed by atoms with Gasteiger partial charge in [0, 0.05) is 10.7 Å². The fourth-order valence-electron chi connectivity index (χ4n) is 2.32. The molecule has 0 radical (unpaired) electrons. The maximum absolute atomic E-state index is 11.6. The number of benzene rings is 1. The fraction of sp³-hybridized carbons (Fsp3) is 0.625. The minimum absolute atomic E-state index is 0.166. The molecule has 0 amide bonds. The van der Waals surface area contributed by atoms with E-state index in [2.05, 4.69) is 13.8 Å². The first-order chi connectivity index (χ1) is 9.66. The summed E-state index contributed by atoms with van der Waals surface area (Å²) >= 11 is 0. The average Bonchev–Trinajstić information content (AvgIpc) is 2.34. The van der Waals surface area contributed by atoms with E-state index in [1.54, 1.807) is 19.1 Å². The highest BCUT2D eigenvalue weighted by molar-refractivity contribution is 8.13. The van der Waals surface area contributed by atoms with Gasteiger partial charge < -0.3 is 4.74 Å². The Bertz CT molecular complexity index is 579. The molecule has 0 aliphatic carbocycles. The number of rotatable bonds is 7. The molecule has 0 heterocycles. The second kappa shape index (κ2) is 7.50. The summed E-state index contributed by atoms with van der Waals surface area (Å²) in [7, 11) is 1.76. The van der Waals surface area contributed by atoms with Crippen molar-refractivity contribution in [2.24, 2.45) is 5.92 Å². The number of hydrogen-bond acceptors (Lipinski definition) is 3. The van der Waals surface area contributed by atoms with Crippen molar-refractivity contribution in [1.82, 2.24) is 0 Å². The summed E-state index contributed by atoms with van der Waals surface area (Å²) < 4.78 is 29.2. The van der Waals surface area contributed by atoms with Crippen molar-refractivity contribution < 1.29 is 13.2 Å². The molecule has 1 aromatic carbocycles. The zero-order chi connectivity index (χ0) is 16.2. The molecule has 0 spiro atoms. The van der Waals surface area contributed by atoms with Crippen LogP contribution in [0.3, 0.4) is 0 Å². The van der Waals surface area contributed by atoms with Crippen LogP contribution in [0.5, 0.6) is 5.75 Å². The smallest absolute Gasteiger partial charge is 0.261 e. The van der Waals surface area contributed by atoms with Crippen LogP contribution in [0.4, 0.5) is 0 Å². The zero-order valence-electron chi connectivity index (χ0n) is 13.4.